The lowest BCUT2D eigenvalue weighted by molar-refractivity contribution is -0.138. The molecule has 0 unspecified atom stereocenters. The van der Waals surface area contributed by atoms with Crippen molar-refractivity contribution in [2.45, 2.75) is 6.18 Å². The molecular formula is C5HF3I2N2. The molecule has 0 atom stereocenters. The van der Waals surface area contributed by atoms with Crippen LogP contribution in [-0.4, -0.2) is 10.2 Å². The highest BCUT2D eigenvalue weighted by atomic mass is 127. The molecule has 0 aliphatic rings. The molecule has 0 aliphatic carbocycles. The highest BCUT2D eigenvalue weighted by Crippen LogP contribution is 2.31. The van der Waals surface area contributed by atoms with Crippen molar-refractivity contribution in [1.29, 1.82) is 0 Å². The second kappa shape index (κ2) is 3.60. The minimum Gasteiger partial charge on any atom is -0.166 e. The fourth-order valence-electron chi connectivity index (χ4n) is 0.552. The maximum Gasteiger partial charge on any atom is 0.419 e. The molecule has 1 aromatic rings. The Labute approximate surface area is 93.2 Å². The second-order valence-corrected chi connectivity index (χ2v) is 4.00. The van der Waals surface area contributed by atoms with Crippen LogP contribution in [0.4, 0.5) is 13.2 Å². The van der Waals surface area contributed by atoms with Crippen molar-refractivity contribution in [3.05, 3.63) is 19.0 Å². The number of rotatable bonds is 0. The molecule has 0 aliphatic heterocycles. The molecule has 1 heterocycles. The van der Waals surface area contributed by atoms with Gasteiger partial charge in [0, 0.05) is 0 Å². The van der Waals surface area contributed by atoms with Crippen LogP contribution in [0.5, 0.6) is 0 Å². The molecule has 7 heteroatoms. The van der Waals surface area contributed by atoms with Crippen molar-refractivity contribution >= 4 is 45.2 Å². The van der Waals surface area contributed by atoms with Gasteiger partial charge in [-0.2, -0.15) is 13.2 Å². The lowest BCUT2D eigenvalue weighted by atomic mass is 10.3. The summed E-state index contributed by atoms with van der Waals surface area (Å²) in [6.07, 6.45) is -4.34. The van der Waals surface area contributed by atoms with Gasteiger partial charge in [-0.3, -0.25) is 0 Å². The van der Waals surface area contributed by atoms with Crippen molar-refractivity contribution in [2.75, 3.05) is 0 Å². The van der Waals surface area contributed by atoms with Crippen LogP contribution >= 0.6 is 45.2 Å². The van der Waals surface area contributed by atoms with Crippen molar-refractivity contribution in [3.8, 4) is 0 Å². The predicted molar refractivity (Wildman–Crippen MR) is 52.5 cm³/mol. The molecule has 0 aromatic carbocycles. The SMILES string of the molecule is FC(F)(F)c1cc(I)nnc1I. The Kier molecular flexibility index (Phi) is 3.12. The summed E-state index contributed by atoms with van der Waals surface area (Å²) in [5, 5.41) is 6.84. The lowest BCUT2D eigenvalue weighted by Gasteiger charge is -2.06. The first-order valence-corrected chi connectivity index (χ1v) is 4.83. The van der Waals surface area contributed by atoms with Gasteiger partial charge in [0.1, 0.15) is 7.40 Å². The van der Waals surface area contributed by atoms with Gasteiger partial charge in [0.15, 0.2) is 0 Å². The van der Waals surface area contributed by atoms with Crippen LogP contribution in [0.15, 0.2) is 6.07 Å². The Balaban J connectivity index is 3.23. The Hall–Kier alpha value is 0.330. The van der Waals surface area contributed by atoms with E-state index in [1.165, 1.54) is 22.6 Å². The van der Waals surface area contributed by atoms with E-state index in [1.807, 2.05) is 0 Å². The zero-order chi connectivity index (χ0) is 9.35. The van der Waals surface area contributed by atoms with Crippen LogP contribution in [0, 0.1) is 7.40 Å². The average Bonchev–Trinajstić information content (AvgIpc) is 1.92. The normalized spacial score (nSPS) is 11.8. The minimum absolute atomic E-state index is 0.125. The minimum atomic E-state index is -4.34. The number of halogens is 5. The van der Waals surface area contributed by atoms with E-state index >= 15 is 0 Å². The Morgan fingerprint density at radius 1 is 1.17 bits per heavy atom. The van der Waals surface area contributed by atoms with E-state index in [4.69, 9.17) is 0 Å². The Morgan fingerprint density at radius 2 is 1.75 bits per heavy atom. The average molecular weight is 400 g/mol. The van der Waals surface area contributed by atoms with Crippen LogP contribution in [0.2, 0.25) is 0 Å². The molecule has 0 amide bonds. The van der Waals surface area contributed by atoms with Crippen LogP contribution in [-0.2, 0) is 6.18 Å². The van der Waals surface area contributed by atoms with Gasteiger partial charge in [0.25, 0.3) is 0 Å². The summed E-state index contributed by atoms with van der Waals surface area (Å²) in [7, 11) is 0. The van der Waals surface area contributed by atoms with Crippen molar-refractivity contribution in [2.24, 2.45) is 0 Å². The molecule has 0 spiro atoms. The summed E-state index contributed by atoms with van der Waals surface area (Å²) < 4.78 is 36.6. The molecule has 12 heavy (non-hydrogen) atoms. The van der Waals surface area contributed by atoms with E-state index in [9.17, 15) is 13.2 Å². The fraction of sp³-hybridized carbons (Fsp3) is 0.200. The van der Waals surface area contributed by atoms with Crippen molar-refractivity contribution in [1.82, 2.24) is 10.2 Å². The molecule has 0 saturated heterocycles. The number of hydrogen-bond acceptors (Lipinski definition) is 2. The molecule has 66 valence electrons. The van der Waals surface area contributed by atoms with Crippen LogP contribution < -0.4 is 0 Å². The molecule has 0 radical (unpaired) electrons. The molecule has 0 bridgehead atoms. The third-order valence-electron chi connectivity index (χ3n) is 1.02. The van der Waals surface area contributed by atoms with Gasteiger partial charge >= 0.3 is 6.18 Å². The van der Waals surface area contributed by atoms with E-state index in [-0.39, 0.29) is 7.40 Å². The molecule has 0 N–H and O–H groups in total. The summed E-state index contributed by atoms with van der Waals surface area (Å²) in [6, 6.07) is 0.968. The molecule has 1 aromatic heterocycles. The van der Waals surface area contributed by atoms with E-state index in [0.29, 0.717) is 0 Å². The van der Waals surface area contributed by atoms with Gasteiger partial charge in [-0.05, 0) is 51.2 Å². The molecule has 0 saturated carbocycles. The van der Waals surface area contributed by atoms with Gasteiger partial charge in [-0.25, -0.2) is 0 Å². The lowest BCUT2D eigenvalue weighted by Crippen LogP contribution is -2.10. The topological polar surface area (TPSA) is 25.8 Å². The van der Waals surface area contributed by atoms with E-state index in [1.54, 1.807) is 22.6 Å². The third kappa shape index (κ3) is 2.41. The standard InChI is InChI=1S/C5HF3I2N2/c6-5(7,8)2-1-3(9)11-12-4(2)10/h1H. The summed E-state index contributed by atoms with van der Waals surface area (Å²) in [5.74, 6) is 0. The Morgan fingerprint density at radius 3 is 2.17 bits per heavy atom. The fourth-order valence-corrected chi connectivity index (χ4v) is 1.54. The van der Waals surface area contributed by atoms with E-state index in [0.717, 1.165) is 6.07 Å². The van der Waals surface area contributed by atoms with E-state index in [2.05, 4.69) is 10.2 Å². The zero-order valence-corrected chi connectivity index (χ0v) is 9.68. The summed E-state index contributed by atoms with van der Waals surface area (Å²) in [5.41, 5.74) is -0.734. The summed E-state index contributed by atoms with van der Waals surface area (Å²) in [6.45, 7) is 0. The molecule has 1 rings (SSSR count). The quantitative estimate of drug-likeness (QED) is 0.627. The van der Waals surface area contributed by atoms with Crippen molar-refractivity contribution < 1.29 is 13.2 Å². The highest BCUT2D eigenvalue weighted by Gasteiger charge is 2.34. The summed E-state index contributed by atoms with van der Waals surface area (Å²) >= 11 is 3.19. The molecule has 0 fully saturated rings. The Bertz CT molecular complexity index is 299. The van der Waals surface area contributed by atoms with Gasteiger partial charge in [-0.1, -0.05) is 0 Å². The smallest absolute Gasteiger partial charge is 0.166 e. The summed E-state index contributed by atoms with van der Waals surface area (Å²) in [4.78, 5) is 0. The number of nitrogens with zero attached hydrogens (tertiary/aromatic N) is 2. The third-order valence-corrected chi connectivity index (χ3v) is 2.35. The van der Waals surface area contributed by atoms with E-state index < -0.39 is 11.7 Å². The van der Waals surface area contributed by atoms with Gasteiger partial charge in [0.05, 0.1) is 5.56 Å². The number of alkyl halides is 3. The predicted octanol–water partition coefficient (Wildman–Crippen LogP) is 2.70. The van der Waals surface area contributed by atoms with Gasteiger partial charge in [-0.15, -0.1) is 10.2 Å². The largest absolute Gasteiger partial charge is 0.419 e. The highest BCUT2D eigenvalue weighted by molar-refractivity contribution is 14.1. The van der Waals surface area contributed by atoms with Crippen molar-refractivity contribution in [3.63, 3.8) is 0 Å². The molecule has 2 nitrogen and oxygen atoms in total. The first kappa shape index (κ1) is 10.4. The first-order valence-electron chi connectivity index (χ1n) is 2.67. The second-order valence-electron chi connectivity index (χ2n) is 1.87. The van der Waals surface area contributed by atoms with Gasteiger partial charge < -0.3 is 0 Å². The van der Waals surface area contributed by atoms with Crippen LogP contribution in [0.1, 0.15) is 5.56 Å². The first-order chi connectivity index (χ1) is 5.41. The number of hydrogen-bond donors (Lipinski definition) is 0. The number of aromatic nitrogens is 2. The van der Waals surface area contributed by atoms with Crippen LogP contribution in [0.25, 0.3) is 0 Å². The maximum atomic E-state index is 12.2. The maximum absolute atomic E-state index is 12.2. The van der Waals surface area contributed by atoms with Crippen LogP contribution in [0.3, 0.4) is 0 Å². The zero-order valence-electron chi connectivity index (χ0n) is 5.36. The monoisotopic (exact) mass is 400 g/mol. The van der Waals surface area contributed by atoms with Gasteiger partial charge in [0.2, 0.25) is 0 Å². The molecular weight excluding hydrogens is 399 g/mol.